The van der Waals surface area contributed by atoms with Crippen LogP contribution in [0.25, 0.3) is 0 Å². The molecular formula is C22H20FN3O6S. The molecule has 0 saturated carbocycles. The number of sulfonamides is 1. The standard InChI is InChI=1S/C22H20FN3O6S/c1-14-3-9-18(12-20(14)26(28)29)33(30,31)25-17-7-5-16(6-8-17)22(27)24-13-15-4-10-21(32-2)19(23)11-15/h3-12,25H,13H2,1-2H3,(H,24,27). The van der Waals surface area contributed by atoms with Crippen molar-refractivity contribution in [2.24, 2.45) is 0 Å². The molecule has 3 aromatic carbocycles. The Bertz CT molecular complexity index is 1310. The average Bonchev–Trinajstić information content (AvgIpc) is 2.77. The zero-order valence-electron chi connectivity index (χ0n) is 17.7. The van der Waals surface area contributed by atoms with Gasteiger partial charge in [-0.3, -0.25) is 19.6 Å². The van der Waals surface area contributed by atoms with E-state index in [4.69, 9.17) is 4.74 Å². The summed E-state index contributed by atoms with van der Waals surface area (Å²) in [7, 11) is -2.72. The van der Waals surface area contributed by atoms with Gasteiger partial charge in [-0.25, -0.2) is 12.8 Å². The van der Waals surface area contributed by atoms with Gasteiger partial charge in [-0.1, -0.05) is 12.1 Å². The Kier molecular flexibility index (Phi) is 6.92. The first kappa shape index (κ1) is 23.7. The normalized spacial score (nSPS) is 11.0. The van der Waals surface area contributed by atoms with Crippen molar-refractivity contribution in [1.29, 1.82) is 0 Å². The highest BCUT2D eigenvalue weighted by Crippen LogP contribution is 2.24. The number of ether oxygens (including phenoxy) is 1. The predicted molar refractivity (Wildman–Crippen MR) is 119 cm³/mol. The number of aryl methyl sites for hydroxylation is 1. The number of halogens is 1. The summed E-state index contributed by atoms with van der Waals surface area (Å²) in [4.78, 5) is 22.5. The predicted octanol–water partition coefficient (Wildman–Crippen LogP) is 3.78. The Morgan fingerprint density at radius 2 is 1.79 bits per heavy atom. The van der Waals surface area contributed by atoms with E-state index >= 15 is 0 Å². The number of rotatable bonds is 8. The molecule has 0 atom stereocenters. The van der Waals surface area contributed by atoms with Gasteiger partial charge in [-0.15, -0.1) is 0 Å². The lowest BCUT2D eigenvalue weighted by Gasteiger charge is -2.10. The number of nitro benzene ring substituents is 1. The van der Waals surface area contributed by atoms with E-state index in [0.717, 1.165) is 6.07 Å². The monoisotopic (exact) mass is 473 g/mol. The molecule has 9 nitrogen and oxygen atoms in total. The SMILES string of the molecule is COc1ccc(CNC(=O)c2ccc(NS(=O)(=O)c3ccc(C)c([N+](=O)[O-])c3)cc2)cc1F. The van der Waals surface area contributed by atoms with Gasteiger partial charge in [0.2, 0.25) is 0 Å². The van der Waals surface area contributed by atoms with Gasteiger partial charge in [0.25, 0.3) is 21.6 Å². The number of hydrogen-bond acceptors (Lipinski definition) is 6. The van der Waals surface area contributed by atoms with E-state index in [1.807, 2.05) is 0 Å². The number of methoxy groups -OCH3 is 1. The van der Waals surface area contributed by atoms with E-state index in [-0.39, 0.29) is 34.1 Å². The van der Waals surface area contributed by atoms with Gasteiger partial charge in [0, 0.05) is 29.4 Å². The molecule has 0 aliphatic carbocycles. The molecule has 11 heteroatoms. The van der Waals surface area contributed by atoms with Crippen LogP contribution in [0, 0.1) is 22.9 Å². The van der Waals surface area contributed by atoms with Crippen LogP contribution in [0.1, 0.15) is 21.5 Å². The first-order valence-corrected chi connectivity index (χ1v) is 11.1. The molecule has 0 fully saturated rings. The number of carbonyl (C=O) groups excluding carboxylic acids is 1. The van der Waals surface area contributed by atoms with Gasteiger partial charge >= 0.3 is 0 Å². The summed E-state index contributed by atoms with van der Waals surface area (Å²) in [6.45, 7) is 1.59. The number of hydrogen-bond donors (Lipinski definition) is 2. The maximum atomic E-state index is 13.8. The Morgan fingerprint density at radius 1 is 1.09 bits per heavy atom. The highest BCUT2D eigenvalue weighted by atomic mass is 32.2. The molecular weight excluding hydrogens is 453 g/mol. The zero-order valence-corrected chi connectivity index (χ0v) is 18.5. The summed E-state index contributed by atoms with van der Waals surface area (Å²) in [6.07, 6.45) is 0. The van der Waals surface area contributed by atoms with Crippen LogP contribution in [0.3, 0.4) is 0 Å². The summed E-state index contributed by atoms with van der Waals surface area (Å²) in [5, 5.41) is 13.7. The third-order valence-corrected chi connectivity index (χ3v) is 6.14. The molecule has 0 aromatic heterocycles. The Labute approximate surface area is 189 Å². The van der Waals surface area contributed by atoms with E-state index < -0.39 is 26.7 Å². The molecule has 2 N–H and O–H groups in total. The van der Waals surface area contributed by atoms with Crippen LogP contribution in [-0.2, 0) is 16.6 Å². The molecule has 172 valence electrons. The van der Waals surface area contributed by atoms with E-state index in [1.165, 1.54) is 62.6 Å². The van der Waals surface area contributed by atoms with Gasteiger partial charge in [0.15, 0.2) is 11.6 Å². The quantitative estimate of drug-likeness (QED) is 0.379. The molecule has 0 aliphatic rings. The van der Waals surface area contributed by atoms with Gasteiger partial charge < -0.3 is 10.1 Å². The number of anilines is 1. The van der Waals surface area contributed by atoms with E-state index in [1.54, 1.807) is 6.07 Å². The number of nitrogens with zero attached hydrogens (tertiary/aromatic N) is 1. The molecule has 0 heterocycles. The Balaban J connectivity index is 1.67. The average molecular weight is 473 g/mol. The van der Waals surface area contributed by atoms with Crippen molar-refractivity contribution in [2.45, 2.75) is 18.4 Å². The minimum Gasteiger partial charge on any atom is -0.494 e. The third kappa shape index (κ3) is 5.63. The summed E-state index contributed by atoms with van der Waals surface area (Å²) in [5.41, 5.74) is 1.01. The second-order valence-electron chi connectivity index (χ2n) is 7.04. The van der Waals surface area contributed by atoms with Crippen molar-refractivity contribution in [3.05, 3.63) is 93.3 Å². The maximum absolute atomic E-state index is 13.8. The zero-order chi connectivity index (χ0) is 24.2. The van der Waals surface area contributed by atoms with Crippen LogP contribution in [0.2, 0.25) is 0 Å². The largest absolute Gasteiger partial charge is 0.494 e. The van der Waals surface area contributed by atoms with Crippen LogP contribution in [0.5, 0.6) is 5.75 Å². The smallest absolute Gasteiger partial charge is 0.273 e. The molecule has 0 aliphatic heterocycles. The van der Waals surface area contributed by atoms with Gasteiger partial charge in [-0.05, 0) is 55.0 Å². The fourth-order valence-corrected chi connectivity index (χ4v) is 4.04. The Morgan fingerprint density at radius 3 is 2.39 bits per heavy atom. The first-order chi connectivity index (χ1) is 15.6. The molecule has 3 rings (SSSR count). The van der Waals surface area contributed by atoms with E-state index in [0.29, 0.717) is 11.1 Å². The van der Waals surface area contributed by atoms with E-state index in [2.05, 4.69) is 10.0 Å². The second-order valence-corrected chi connectivity index (χ2v) is 8.72. The molecule has 1 amide bonds. The fourth-order valence-electron chi connectivity index (χ4n) is 2.96. The van der Waals surface area contributed by atoms with E-state index in [9.17, 15) is 27.7 Å². The van der Waals surface area contributed by atoms with Crippen LogP contribution in [0.15, 0.2) is 65.6 Å². The van der Waals surface area contributed by atoms with Crippen LogP contribution in [0.4, 0.5) is 15.8 Å². The lowest BCUT2D eigenvalue weighted by atomic mass is 10.1. The lowest BCUT2D eigenvalue weighted by molar-refractivity contribution is -0.385. The molecule has 0 bridgehead atoms. The molecule has 0 spiro atoms. The second kappa shape index (κ2) is 9.65. The van der Waals surface area contributed by atoms with Crippen LogP contribution in [-0.4, -0.2) is 26.4 Å². The number of nitrogens with one attached hydrogen (secondary N) is 2. The van der Waals surface area contributed by atoms with Crippen molar-refractivity contribution in [3.8, 4) is 5.75 Å². The van der Waals surface area contributed by atoms with Crippen molar-refractivity contribution in [2.75, 3.05) is 11.8 Å². The molecule has 0 saturated heterocycles. The minimum absolute atomic E-state index is 0.0837. The minimum atomic E-state index is -4.08. The van der Waals surface area contributed by atoms with Gasteiger partial charge in [0.05, 0.1) is 16.9 Å². The number of nitro groups is 1. The van der Waals surface area contributed by atoms with Crippen molar-refractivity contribution < 1.29 is 27.3 Å². The number of benzene rings is 3. The van der Waals surface area contributed by atoms with Crippen molar-refractivity contribution in [3.63, 3.8) is 0 Å². The Hall–Kier alpha value is -3.99. The molecule has 0 unspecified atom stereocenters. The first-order valence-electron chi connectivity index (χ1n) is 9.59. The number of amides is 1. The summed E-state index contributed by atoms with van der Waals surface area (Å²) < 4.78 is 46.1. The van der Waals surface area contributed by atoms with Crippen LogP contribution >= 0.6 is 0 Å². The lowest BCUT2D eigenvalue weighted by Crippen LogP contribution is -2.22. The highest BCUT2D eigenvalue weighted by molar-refractivity contribution is 7.92. The summed E-state index contributed by atoms with van der Waals surface area (Å²) in [6, 6.07) is 13.6. The summed E-state index contributed by atoms with van der Waals surface area (Å²) >= 11 is 0. The van der Waals surface area contributed by atoms with Gasteiger partial charge in [-0.2, -0.15) is 0 Å². The highest BCUT2D eigenvalue weighted by Gasteiger charge is 2.20. The maximum Gasteiger partial charge on any atom is 0.273 e. The van der Waals surface area contributed by atoms with Crippen molar-refractivity contribution >= 4 is 27.3 Å². The number of carbonyl (C=O) groups is 1. The fraction of sp³-hybridized carbons (Fsp3) is 0.136. The third-order valence-electron chi connectivity index (χ3n) is 4.76. The molecule has 0 radical (unpaired) electrons. The van der Waals surface area contributed by atoms with Crippen LogP contribution < -0.4 is 14.8 Å². The van der Waals surface area contributed by atoms with Gasteiger partial charge in [0.1, 0.15) is 0 Å². The van der Waals surface area contributed by atoms with Crippen molar-refractivity contribution in [1.82, 2.24) is 5.32 Å². The topological polar surface area (TPSA) is 128 Å². The molecule has 3 aromatic rings. The molecule has 33 heavy (non-hydrogen) atoms. The summed E-state index contributed by atoms with van der Waals surface area (Å²) in [5.74, 6) is -0.877.